The molecule has 1 aliphatic heterocycles. The topological polar surface area (TPSA) is 57.1 Å². The van der Waals surface area contributed by atoms with Gasteiger partial charge in [0.15, 0.2) is 6.10 Å². The van der Waals surface area contributed by atoms with E-state index in [1.807, 2.05) is 60.7 Å². The number of rotatable bonds is 5. The van der Waals surface area contributed by atoms with E-state index in [4.69, 9.17) is 14.3 Å². The van der Waals surface area contributed by atoms with Crippen LogP contribution in [0.15, 0.2) is 65.8 Å². The highest BCUT2D eigenvalue weighted by molar-refractivity contribution is 6.00. The Morgan fingerprint density at radius 2 is 1.79 bits per heavy atom. The van der Waals surface area contributed by atoms with E-state index in [1.165, 1.54) is 6.92 Å². The number of hydrogen-bond acceptors (Lipinski definition) is 5. The molecule has 2 aromatic carbocycles. The first-order valence-corrected chi connectivity index (χ1v) is 7.83. The summed E-state index contributed by atoms with van der Waals surface area (Å²) in [7, 11) is 0. The van der Waals surface area contributed by atoms with Crippen LogP contribution in [0.2, 0.25) is 0 Å². The maximum Gasteiger partial charge on any atom is 0.303 e. The van der Waals surface area contributed by atoms with Crippen LogP contribution >= 0.6 is 0 Å². The van der Waals surface area contributed by atoms with Crippen molar-refractivity contribution in [2.75, 3.05) is 0 Å². The highest BCUT2D eigenvalue weighted by atomic mass is 16.8. The maximum absolute atomic E-state index is 11.4. The zero-order chi connectivity index (χ0) is 16.8. The van der Waals surface area contributed by atoms with Gasteiger partial charge in [-0.3, -0.25) is 4.79 Å². The summed E-state index contributed by atoms with van der Waals surface area (Å²) >= 11 is 0. The molecule has 5 nitrogen and oxygen atoms in total. The van der Waals surface area contributed by atoms with Gasteiger partial charge in [-0.2, -0.15) is 0 Å². The van der Waals surface area contributed by atoms with Crippen LogP contribution in [-0.2, 0) is 25.7 Å². The summed E-state index contributed by atoms with van der Waals surface area (Å²) in [6.45, 7) is 1.74. The van der Waals surface area contributed by atoms with Gasteiger partial charge in [-0.1, -0.05) is 65.8 Å². The average molecular weight is 325 g/mol. The molecule has 2 atom stereocenters. The van der Waals surface area contributed by atoms with Crippen molar-refractivity contribution in [2.24, 2.45) is 5.16 Å². The van der Waals surface area contributed by atoms with Gasteiger partial charge in [0.05, 0.1) is 12.3 Å². The average Bonchev–Trinajstić information content (AvgIpc) is 2.62. The van der Waals surface area contributed by atoms with E-state index in [9.17, 15) is 4.79 Å². The van der Waals surface area contributed by atoms with E-state index < -0.39 is 12.4 Å². The summed E-state index contributed by atoms with van der Waals surface area (Å²) in [5, 5.41) is 4.15. The fourth-order valence-electron chi connectivity index (χ4n) is 2.51. The van der Waals surface area contributed by atoms with Crippen molar-refractivity contribution >= 4 is 11.7 Å². The molecule has 2 aromatic rings. The molecule has 0 aromatic heterocycles. The lowest BCUT2D eigenvalue weighted by atomic mass is 10.0. The van der Waals surface area contributed by atoms with Crippen molar-refractivity contribution in [3.63, 3.8) is 0 Å². The molecule has 1 aliphatic rings. The summed E-state index contributed by atoms with van der Waals surface area (Å²) in [6, 6.07) is 19.4. The smallest absolute Gasteiger partial charge is 0.303 e. The fourth-order valence-corrected chi connectivity index (χ4v) is 2.51. The molecule has 1 heterocycles. The Labute approximate surface area is 140 Å². The standard InChI is InChI=1S/C19H19NO4/c1-14(21)23-18-12-17(16-10-6-3-7-11-16)20-24-19(18)22-13-15-8-4-2-5-9-15/h2-11,18-19H,12-13H2,1H3. The fraction of sp³-hybridized carbons (Fsp3) is 0.263. The Morgan fingerprint density at radius 1 is 1.12 bits per heavy atom. The maximum atomic E-state index is 11.4. The molecule has 3 rings (SSSR count). The van der Waals surface area contributed by atoms with Gasteiger partial charge in [0.1, 0.15) is 0 Å². The number of ether oxygens (including phenoxy) is 2. The summed E-state index contributed by atoms with van der Waals surface area (Å²) < 4.78 is 11.1. The molecule has 124 valence electrons. The van der Waals surface area contributed by atoms with Gasteiger partial charge in [-0.25, -0.2) is 0 Å². The molecule has 0 aliphatic carbocycles. The SMILES string of the molecule is CC(=O)OC1CC(c2ccccc2)=NOC1OCc1ccccc1. The Hall–Kier alpha value is -2.66. The molecule has 0 saturated carbocycles. The summed E-state index contributed by atoms with van der Waals surface area (Å²) in [5.41, 5.74) is 2.69. The van der Waals surface area contributed by atoms with Crippen molar-refractivity contribution in [1.29, 1.82) is 0 Å². The zero-order valence-electron chi connectivity index (χ0n) is 13.4. The van der Waals surface area contributed by atoms with E-state index >= 15 is 0 Å². The molecule has 0 N–H and O–H groups in total. The third-order valence-electron chi connectivity index (χ3n) is 3.65. The number of hydrogen-bond donors (Lipinski definition) is 0. The Bertz CT molecular complexity index is 700. The highest BCUT2D eigenvalue weighted by Gasteiger charge is 2.33. The van der Waals surface area contributed by atoms with E-state index in [1.54, 1.807) is 0 Å². The number of carbonyl (C=O) groups excluding carboxylic acids is 1. The lowest BCUT2D eigenvalue weighted by molar-refractivity contribution is -0.217. The predicted octanol–water partition coefficient (Wildman–Crippen LogP) is 3.29. The molecular weight excluding hydrogens is 306 g/mol. The van der Waals surface area contributed by atoms with Crippen molar-refractivity contribution < 1.29 is 19.1 Å². The van der Waals surface area contributed by atoms with E-state index in [2.05, 4.69) is 5.16 Å². The van der Waals surface area contributed by atoms with Crippen LogP contribution in [0.3, 0.4) is 0 Å². The molecular formula is C19H19NO4. The molecule has 0 bridgehead atoms. The van der Waals surface area contributed by atoms with Crippen molar-refractivity contribution in [3.05, 3.63) is 71.8 Å². The Kier molecular flexibility index (Phi) is 5.23. The minimum atomic E-state index is -0.721. The molecule has 24 heavy (non-hydrogen) atoms. The lowest BCUT2D eigenvalue weighted by Crippen LogP contribution is -2.39. The van der Waals surface area contributed by atoms with Gasteiger partial charge in [0, 0.05) is 13.3 Å². The van der Waals surface area contributed by atoms with Crippen LogP contribution < -0.4 is 0 Å². The van der Waals surface area contributed by atoms with Crippen LogP contribution in [-0.4, -0.2) is 24.1 Å². The van der Waals surface area contributed by atoms with E-state index in [-0.39, 0.29) is 5.97 Å². The monoisotopic (exact) mass is 325 g/mol. The molecule has 0 amide bonds. The summed E-state index contributed by atoms with van der Waals surface area (Å²) in [6.07, 6.45) is -0.802. The number of carbonyl (C=O) groups is 1. The molecule has 2 unspecified atom stereocenters. The second kappa shape index (κ2) is 7.75. The highest BCUT2D eigenvalue weighted by Crippen LogP contribution is 2.22. The second-order valence-corrected chi connectivity index (χ2v) is 5.53. The first-order valence-electron chi connectivity index (χ1n) is 7.83. The van der Waals surface area contributed by atoms with Gasteiger partial charge in [-0.15, -0.1) is 0 Å². The normalized spacial score (nSPS) is 20.0. The lowest BCUT2D eigenvalue weighted by Gasteiger charge is -2.29. The molecule has 0 saturated heterocycles. The molecule has 0 spiro atoms. The van der Waals surface area contributed by atoms with Gasteiger partial charge >= 0.3 is 5.97 Å². The first-order chi connectivity index (χ1) is 11.7. The van der Waals surface area contributed by atoms with Gasteiger partial charge in [0.25, 0.3) is 6.29 Å². The number of benzene rings is 2. The van der Waals surface area contributed by atoms with Crippen LogP contribution in [0.25, 0.3) is 0 Å². The van der Waals surface area contributed by atoms with E-state index in [0.717, 1.165) is 16.8 Å². The Morgan fingerprint density at radius 3 is 2.46 bits per heavy atom. The van der Waals surface area contributed by atoms with Crippen LogP contribution in [0.1, 0.15) is 24.5 Å². The third kappa shape index (κ3) is 4.20. The van der Waals surface area contributed by atoms with Gasteiger partial charge in [0.2, 0.25) is 0 Å². The first kappa shape index (κ1) is 16.2. The van der Waals surface area contributed by atoms with Gasteiger partial charge < -0.3 is 14.3 Å². The van der Waals surface area contributed by atoms with Crippen LogP contribution in [0, 0.1) is 0 Å². The Balaban J connectivity index is 1.70. The molecule has 5 heteroatoms. The van der Waals surface area contributed by atoms with Gasteiger partial charge in [-0.05, 0) is 11.1 Å². The summed E-state index contributed by atoms with van der Waals surface area (Å²) in [5.74, 6) is -0.369. The molecule has 0 radical (unpaired) electrons. The third-order valence-corrected chi connectivity index (χ3v) is 3.65. The number of oxime groups is 1. The minimum absolute atomic E-state index is 0.361. The second-order valence-electron chi connectivity index (χ2n) is 5.53. The van der Waals surface area contributed by atoms with Crippen LogP contribution in [0.4, 0.5) is 0 Å². The van der Waals surface area contributed by atoms with Crippen molar-refractivity contribution in [2.45, 2.75) is 32.3 Å². The minimum Gasteiger partial charge on any atom is -0.455 e. The summed E-state index contributed by atoms with van der Waals surface area (Å²) in [4.78, 5) is 16.9. The largest absolute Gasteiger partial charge is 0.455 e. The molecule has 0 fully saturated rings. The number of nitrogens with zero attached hydrogens (tertiary/aromatic N) is 1. The predicted molar refractivity (Wildman–Crippen MR) is 89.3 cm³/mol. The quantitative estimate of drug-likeness (QED) is 0.792. The zero-order valence-corrected chi connectivity index (χ0v) is 13.4. The number of esters is 1. The van der Waals surface area contributed by atoms with Crippen molar-refractivity contribution in [3.8, 4) is 0 Å². The van der Waals surface area contributed by atoms with Crippen molar-refractivity contribution in [1.82, 2.24) is 0 Å². The van der Waals surface area contributed by atoms with Crippen LogP contribution in [0.5, 0.6) is 0 Å². The van der Waals surface area contributed by atoms with E-state index in [0.29, 0.717) is 13.0 Å².